The highest BCUT2D eigenvalue weighted by molar-refractivity contribution is 7.13. The Morgan fingerprint density at radius 1 is 1.19 bits per heavy atom. The van der Waals surface area contributed by atoms with E-state index in [-0.39, 0.29) is 5.82 Å². The predicted octanol–water partition coefficient (Wildman–Crippen LogP) is 4.36. The molecule has 1 N–H and O–H groups in total. The van der Waals surface area contributed by atoms with Crippen LogP contribution in [-0.2, 0) is 13.6 Å². The molecule has 3 aromatic heterocycles. The van der Waals surface area contributed by atoms with Gasteiger partial charge in [-0.15, -0.1) is 11.3 Å². The molecule has 0 aliphatic carbocycles. The summed E-state index contributed by atoms with van der Waals surface area (Å²) in [5.74, 6) is 1.05. The van der Waals surface area contributed by atoms with Crippen LogP contribution in [0.3, 0.4) is 0 Å². The molecule has 0 aliphatic heterocycles. The maximum Gasteiger partial charge on any atom is 0.223 e. The molecule has 26 heavy (non-hydrogen) atoms. The van der Waals surface area contributed by atoms with Gasteiger partial charge < -0.3 is 9.88 Å². The van der Waals surface area contributed by atoms with Gasteiger partial charge in [0.1, 0.15) is 11.6 Å². The van der Waals surface area contributed by atoms with Crippen molar-refractivity contribution in [1.29, 1.82) is 0 Å². The number of hydrogen-bond acceptors (Lipinski definition) is 5. The van der Waals surface area contributed by atoms with Crippen LogP contribution in [0.2, 0.25) is 0 Å². The zero-order valence-electron chi connectivity index (χ0n) is 14.1. The molecule has 130 valence electrons. The van der Waals surface area contributed by atoms with Gasteiger partial charge in [-0.3, -0.25) is 0 Å². The molecular formula is C19H16FN5S. The Kier molecular flexibility index (Phi) is 4.45. The van der Waals surface area contributed by atoms with E-state index in [1.54, 1.807) is 29.8 Å². The molecule has 0 aliphatic rings. The third-order valence-corrected chi connectivity index (χ3v) is 4.82. The molecule has 1 aromatic carbocycles. The second-order valence-corrected chi connectivity index (χ2v) is 6.73. The number of anilines is 1. The van der Waals surface area contributed by atoms with E-state index in [2.05, 4.69) is 15.3 Å². The van der Waals surface area contributed by atoms with Gasteiger partial charge in [0.15, 0.2) is 0 Å². The van der Waals surface area contributed by atoms with E-state index in [0.29, 0.717) is 12.5 Å². The van der Waals surface area contributed by atoms with Crippen LogP contribution in [0.4, 0.5) is 10.3 Å². The van der Waals surface area contributed by atoms with Crippen LogP contribution in [0.15, 0.2) is 60.4 Å². The van der Waals surface area contributed by atoms with Gasteiger partial charge in [0, 0.05) is 32.2 Å². The summed E-state index contributed by atoms with van der Waals surface area (Å²) in [6.45, 7) is 0.448. The van der Waals surface area contributed by atoms with Crippen molar-refractivity contribution in [3.8, 4) is 22.0 Å². The monoisotopic (exact) mass is 365 g/mol. The Balaban J connectivity index is 1.67. The van der Waals surface area contributed by atoms with Crippen molar-refractivity contribution in [2.24, 2.45) is 7.05 Å². The SMILES string of the molecule is Cn1ccnc1-c1cnc(NCc2cccc(F)c2)nc1-c1cccs1. The Morgan fingerprint density at radius 2 is 2.12 bits per heavy atom. The zero-order chi connectivity index (χ0) is 17.9. The minimum atomic E-state index is -0.255. The van der Waals surface area contributed by atoms with Gasteiger partial charge in [0.05, 0.1) is 16.1 Å². The first kappa shape index (κ1) is 16.4. The normalized spacial score (nSPS) is 10.8. The van der Waals surface area contributed by atoms with E-state index in [1.165, 1.54) is 12.1 Å². The van der Waals surface area contributed by atoms with Gasteiger partial charge in [0.2, 0.25) is 5.95 Å². The second-order valence-electron chi connectivity index (χ2n) is 5.78. The van der Waals surface area contributed by atoms with E-state index < -0.39 is 0 Å². The molecule has 0 saturated carbocycles. The van der Waals surface area contributed by atoms with Crippen LogP contribution in [0.1, 0.15) is 5.56 Å². The zero-order valence-corrected chi connectivity index (χ0v) is 14.9. The lowest BCUT2D eigenvalue weighted by Gasteiger charge is -2.10. The molecule has 0 bridgehead atoms. The summed E-state index contributed by atoms with van der Waals surface area (Å²) in [7, 11) is 1.94. The summed E-state index contributed by atoms with van der Waals surface area (Å²) >= 11 is 1.61. The third kappa shape index (κ3) is 3.34. The van der Waals surface area contributed by atoms with Crippen LogP contribution in [-0.4, -0.2) is 19.5 Å². The van der Waals surface area contributed by atoms with Crippen molar-refractivity contribution >= 4 is 17.3 Å². The van der Waals surface area contributed by atoms with E-state index in [1.807, 2.05) is 41.4 Å². The van der Waals surface area contributed by atoms with Crippen molar-refractivity contribution in [3.05, 3.63) is 71.7 Å². The number of hydrogen-bond donors (Lipinski definition) is 1. The molecule has 0 unspecified atom stereocenters. The number of rotatable bonds is 5. The fraction of sp³-hybridized carbons (Fsp3) is 0.105. The lowest BCUT2D eigenvalue weighted by Crippen LogP contribution is -2.06. The minimum Gasteiger partial charge on any atom is -0.350 e. The maximum absolute atomic E-state index is 13.3. The van der Waals surface area contributed by atoms with E-state index in [9.17, 15) is 4.39 Å². The first-order valence-corrected chi connectivity index (χ1v) is 8.95. The van der Waals surface area contributed by atoms with Gasteiger partial charge in [-0.2, -0.15) is 0 Å². The molecule has 4 aromatic rings. The molecule has 0 fully saturated rings. The van der Waals surface area contributed by atoms with Crippen molar-refractivity contribution < 1.29 is 4.39 Å². The number of thiophene rings is 1. The van der Waals surface area contributed by atoms with Crippen molar-refractivity contribution in [1.82, 2.24) is 19.5 Å². The molecule has 0 radical (unpaired) electrons. The highest BCUT2D eigenvalue weighted by Crippen LogP contribution is 2.32. The number of aryl methyl sites for hydroxylation is 1. The van der Waals surface area contributed by atoms with Gasteiger partial charge >= 0.3 is 0 Å². The van der Waals surface area contributed by atoms with Gasteiger partial charge in [0.25, 0.3) is 0 Å². The average molecular weight is 365 g/mol. The fourth-order valence-electron chi connectivity index (χ4n) is 2.68. The van der Waals surface area contributed by atoms with Gasteiger partial charge in [-0.05, 0) is 29.1 Å². The van der Waals surface area contributed by atoms with E-state index >= 15 is 0 Å². The van der Waals surface area contributed by atoms with Crippen molar-refractivity contribution in [3.63, 3.8) is 0 Å². The molecule has 0 spiro atoms. The maximum atomic E-state index is 13.3. The van der Waals surface area contributed by atoms with Crippen molar-refractivity contribution in [2.45, 2.75) is 6.54 Å². The smallest absolute Gasteiger partial charge is 0.223 e. The second kappa shape index (κ2) is 7.05. The molecule has 0 amide bonds. The summed E-state index contributed by atoms with van der Waals surface area (Å²) in [5.41, 5.74) is 2.53. The summed E-state index contributed by atoms with van der Waals surface area (Å²) in [4.78, 5) is 14.6. The number of benzene rings is 1. The molecule has 3 heterocycles. The fourth-order valence-corrected chi connectivity index (χ4v) is 3.41. The Morgan fingerprint density at radius 3 is 2.85 bits per heavy atom. The Bertz CT molecular complexity index is 1030. The van der Waals surface area contributed by atoms with E-state index in [0.717, 1.165) is 27.5 Å². The summed E-state index contributed by atoms with van der Waals surface area (Å²) in [5, 5.41) is 5.18. The third-order valence-electron chi connectivity index (χ3n) is 3.95. The molecule has 4 rings (SSSR count). The van der Waals surface area contributed by atoms with Crippen LogP contribution in [0.5, 0.6) is 0 Å². The highest BCUT2D eigenvalue weighted by atomic mass is 32.1. The van der Waals surface area contributed by atoms with Crippen LogP contribution < -0.4 is 5.32 Å². The standard InChI is InChI=1S/C19H16FN5S/c1-25-8-7-21-18(25)15-12-23-19(24-17(15)16-6-3-9-26-16)22-11-13-4-2-5-14(20)10-13/h2-10,12H,11H2,1H3,(H,22,23,24). The van der Waals surface area contributed by atoms with Gasteiger partial charge in [-0.1, -0.05) is 18.2 Å². The lowest BCUT2D eigenvalue weighted by atomic mass is 10.2. The van der Waals surface area contributed by atoms with Gasteiger partial charge in [-0.25, -0.2) is 19.3 Å². The quantitative estimate of drug-likeness (QED) is 0.571. The predicted molar refractivity (Wildman–Crippen MR) is 101 cm³/mol. The molecule has 7 heteroatoms. The number of aromatic nitrogens is 4. The molecule has 0 saturated heterocycles. The highest BCUT2D eigenvalue weighted by Gasteiger charge is 2.15. The summed E-state index contributed by atoms with van der Waals surface area (Å²) in [6.07, 6.45) is 5.42. The summed E-state index contributed by atoms with van der Waals surface area (Å²) < 4.78 is 15.3. The topological polar surface area (TPSA) is 55.6 Å². The Labute approximate surface area is 154 Å². The Hall–Kier alpha value is -3.06. The lowest BCUT2D eigenvalue weighted by molar-refractivity contribution is 0.626. The van der Waals surface area contributed by atoms with Crippen LogP contribution in [0.25, 0.3) is 22.0 Å². The van der Waals surface area contributed by atoms with E-state index in [4.69, 9.17) is 4.98 Å². The number of halogens is 1. The average Bonchev–Trinajstić information content (AvgIpc) is 3.32. The van der Waals surface area contributed by atoms with Crippen LogP contribution in [0, 0.1) is 5.82 Å². The molecule has 5 nitrogen and oxygen atoms in total. The number of imidazole rings is 1. The first-order valence-electron chi connectivity index (χ1n) is 8.07. The largest absolute Gasteiger partial charge is 0.350 e. The number of nitrogens with zero attached hydrogens (tertiary/aromatic N) is 4. The first-order chi connectivity index (χ1) is 12.7. The minimum absolute atomic E-state index is 0.255. The van der Waals surface area contributed by atoms with Crippen molar-refractivity contribution in [2.75, 3.05) is 5.32 Å². The molecule has 0 atom stereocenters. The molecular weight excluding hydrogens is 349 g/mol. The summed E-state index contributed by atoms with van der Waals surface area (Å²) in [6, 6.07) is 10.5. The van der Waals surface area contributed by atoms with Crippen LogP contribution >= 0.6 is 11.3 Å². The number of nitrogens with one attached hydrogen (secondary N) is 1.